The second kappa shape index (κ2) is 7.61. The number of anilines is 1. The average Bonchev–Trinajstić information content (AvgIpc) is 3.02. The predicted molar refractivity (Wildman–Crippen MR) is 95.7 cm³/mol. The largest absolute Gasteiger partial charge is 0.497 e. The molecule has 0 aliphatic rings. The van der Waals surface area contributed by atoms with Gasteiger partial charge in [-0.05, 0) is 36.8 Å². The minimum Gasteiger partial charge on any atom is -0.497 e. The summed E-state index contributed by atoms with van der Waals surface area (Å²) in [4.78, 5) is 16.5. The molecular formula is C19H20N4O2. The van der Waals surface area contributed by atoms with E-state index >= 15 is 0 Å². The van der Waals surface area contributed by atoms with Gasteiger partial charge in [0.15, 0.2) is 5.82 Å². The lowest BCUT2D eigenvalue weighted by Crippen LogP contribution is -2.15. The van der Waals surface area contributed by atoms with Crippen molar-refractivity contribution in [2.45, 2.75) is 19.8 Å². The number of aromatic nitrogens is 3. The van der Waals surface area contributed by atoms with Crippen LogP contribution in [0.4, 0.5) is 5.69 Å². The van der Waals surface area contributed by atoms with E-state index < -0.39 is 0 Å². The summed E-state index contributed by atoms with van der Waals surface area (Å²) in [6, 6.07) is 15.4. The number of hydrogen-bond donors (Lipinski definition) is 2. The molecule has 25 heavy (non-hydrogen) atoms. The van der Waals surface area contributed by atoms with Gasteiger partial charge in [-0.15, -0.1) is 0 Å². The van der Waals surface area contributed by atoms with Crippen LogP contribution < -0.4 is 10.1 Å². The third-order valence-corrected chi connectivity index (χ3v) is 3.72. The maximum absolute atomic E-state index is 12.1. The molecule has 0 saturated carbocycles. The Morgan fingerprint density at radius 1 is 1.20 bits per heavy atom. The van der Waals surface area contributed by atoms with Gasteiger partial charge in [0.1, 0.15) is 11.6 Å². The molecular weight excluding hydrogens is 316 g/mol. The number of aromatic amines is 1. The van der Waals surface area contributed by atoms with Crippen molar-refractivity contribution in [1.82, 2.24) is 15.2 Å². The molecule has 6 nitrogen and oxygen atoms in total. The van der Waals surface area contributed by atoms with Gasteiger partial charge in [-0.1, -0.05) is 29.8 Å². The molecule has 0 fully saturated rings. The third kappa shape index (κ3) is 4.67. The highest BCUT2D eigenvalue weighted by atomic mass is 16.5. The van der Waals surface area contributed by atoms with E-state index in [4.69, 9.17) is 4.74 Å². The van der Waals surface area contributed by atoms with Gasteiger partial charge in [0, 0.05) is 12.1 Å². The van der Waals surface area contributed by atoms with E-state index in [0.717, 1.165) is 17.1 Å². The van der Waals surface area contributed by atoms with Crippen LogP contribution in [0.25, 0.3) is 0 Å². The Morgan fingerprint density at radius 2 is 2.00 bits per heavy atom. The first-order chi connectivity index (χ1) is 12.1. The van der Waals surface area contributed by atoms with Gasteiger partial charge in [0.25, 0.3) is 0 Å². The Kier molecular flexibility index (Phi) is 5.09. The van der Waals surface area contributed by atoms with Crippen LogP contribution in [-0.4, -0.2) is 28.2 Å². The molecule has 128 valence electrons. The zero-order valence-electron chi connectivity index (χ0n) is 14.2. The summed E-state index contributed by atoms with van der Waals surface area (Å²) in [6.45, 7) is 2.05. The number of carbonyl (C=O) groups is 1. The number of rotatable bonds is 6. The summed E-state index contributed by atoms with van der Waals surface area (Å²) in [5.74, 6) is 1.81. The summed E-state index contributed by atoms with van der Waals surface area (Å²) in [6.07, 6.45) is 0.783. The van der Waals surface area contributed by atoms with Crippen molar-refractivity contribution in [2.75, 3.05) is 12.4 Å². The van der Waals surface area contributed by atoms with Crippen molar-refractivity contribution in [2.24, 2.45) is 0 Å². The zero-order valence-corrected chi connectivity index (χ0v) is 14.2. The number of nitrogens with one attached hydrogen (secondary N) is 2. The number of hydrogen-bond acceptors (Lipinski definition) is 4. The minimum atomic E-state index is -0.161. The van der Waals surface area contributed by atoms with Gasteiger partial charge in [0.2, 0.25) is 5.91 Å². The fraction of sp³-hybridized carbons (Fsp3) is 0.211. The van der Waals surface area contributed by atoms with Gasteiger partial charge >= 0.3 is 0 Å². The van der Waals surface area contributed by atoms with Crippen LogP contribution in [0.1, 0.15) is 22.8 Å². The number of methoxy groups -OCH3 is 1. The van der Waals surface area contributed by atoms with Crippen molar-refractivity contribution in [3.05, 3.63) is 71.3 Å². The highest BCUT2D eigenvalue weighted by Crippen LogP contribution is 2.15. The molecule has 0 bridgehead atoms. The summed E-state index contributed by atoms with van der Waals surface area (Å²) in [5.41, 5.74) is 3.07. The first-order valence-corrected chi connectivity index (χ1v) is 8.02. The Balaban J connectivity index is 1.57. The highest BCUT2D eigenvalue weighted by Gasteiger charge is 2.10. The predicted octanol–water partition coefficient (Wildman–Crippen LogP) is 2.89. The molecule has 3 aromatic rings. The fourth-order valence-electron chi connectivity index (χ4n) is 2.53. The van der Waals surface area contributed by atoms with Crippen LogP contribution in [0.5, 0.6) is 5.75 Å². The SMILES string of the molecule is COc1ccc(NC(=O)Cc2n[nH]c(Cc3cccc(C)c3)n2)cc1. The fourth-order valence-corrected chi connectivity index (χ4v) is 2.53. The molecule has 0 radical (unpaired) electrons. The lowest BCUT2D eigenvalue weighted by atomic mass is 10.1. The lowest BCUT2D eigenvalue weighted by Gasteiger charge is -2.04. The molecule has 6 heteroatoms. The molecule has 0 spiro atoms. The van der Waals surface area contributed by atoms with E-state index in [1.54, 1.807) is 31.4 Å². The van der Waals surface area contributed by atoms with E-state index in [2.05, 4.69) is 39.6 Å². The number of aryl methyl sites for hydroxylation is 1. The molecule has 2 aromatic carbocycles. The second-order valence-corrected chi connectivity index (χ2v) is 5.82. The summed E-state index contributed by atoms with van der Waals surface area (Å²) in [5, 5.41) is 9.85. The van der Waals surface area contributed by atoms with Crippen LogP contribution in [0.3, 0.4) is 0 Å². The van der Waals surface area contributed by atoms with Crippen molar-refractivity contribution in [3.63, 3.8) is 0 Å². The molecule has 1 aromatic heterocycles. The molecule has 0 aliphatic heterocycles. The van der Waals surface area contributed by atoms with Gasteiger partial charge in [0.05, 0.1) is 13.5 Å². The lowest BCUT2D eigenvalue weighted by molar-refractivity contribution is -0.115. The van der Waals surface area contributed by atoms with Crippen molar-refractivity contribution in [1.29, 1.82) is 0 Å². The number of H-pyrrole nitrogens is 1. The maximum Gasteiger partial charge on any atom is 0.232 e. The molecule has 1 heterocycles. The summed E-state index contributed by atoms with van der Waals surface area (Å²) >= 11 is 0. The number of amides is 1. The first kappa shape index (κ1) is 16.7. The van der Waals surface area contributed by atoms with Crippen molar-refractivity contribution < 1.29 is 9.53 Å². The Bertz CT molecular complexity index is 856. The molecule has 3 rings (SSSR count). The monoisotopic (exact) mass is 336 g/mol. The Labute approximate surface area is 146 Å². The average molecular weight is 336 g/mol. The van der Waals surface area contributed by atoms with Crippen molar-refractivity contribution in [3.8, 4) is 5.75 Å². The molecule has 0 saturated heterocycles. The van der Waals surface area contributed by atoms with Crippen molar-refractivity contribution >= 4 is 11.6 Å². The minimum absolute atomic E-state index is 0.121. The van der Waals surface area contributed by atoms with E-state index in [1.165, 1.54) is 5.56 Å². The molecule has 1 amide bonds. The highest BCUT2D eigenvalue weighted by molar-refractivity contribution is 5.91. The number of benzene rings is 2. The Hall–Kier alpha value is -3.15. The van der Waals surface area contributed by atoms with E-state index in [1.807, 2.05) is 12.1 Å². The van der Waals surface area contributed by atoms with Gasteiger partial charge in [-0.25, -0.2) is 4.98 Å². The van der Waals surface area contributed by atoms with E-state index in [0.29, 0.717) is 17.9 Å². The van der Waals surface area contributed by atoms with Crippen LogP contribution in [0.15, 0.2) is 48.5 Å². The van der Waals surface area contributed by atoms with Gasteiger partial charge < -0.3 is 10.1 Å². The molecule has 0 atom stereocenters. The standard InChI is InChI=1S/C19H20N4O2/c1-13-4-3-5-14(10-13)11-17-21-18(23-22-17)12-19(24)20-15-6-8-16(25-2)9-7-15/h3-10H,11-12H2,1-2H3,(H,20,24)(H,21,22,23). The second-order valence-electron chi connectivity index (χ2n) is 5.82. The third-order valence-electron chi connectivity index (χ3n) is 3.72. The molecule has 0 aliphatic carbocycles. The number of carbonyl (C=O) groups excluding carboxylic acids is 1. The summed E-state index contributed by atoms with van der Waals surface area (Å²) < 4.78 is 5.09. The number of nitrogens with zero attached hydrogens (tertiary/aromatic N) is 2. The van der Waals surface area contributed by atoms with E-state index in [9.17, 15) is 4.79 Å². The molecule has 2 N–H and O–H groups in total. The molecule has 0 unspecified atom stereocenters. The topological polar surface area (TPSA) is 79.9 Å². The summed E-state index contributed by atoms with van der Waals surface area (Å²) in [7, 11) is 1.60. The first-order valence-electron chi connectivity index (χ1n) is 8.02. The normalized spacial score (nSPS) is 10.5. The van der Waals surface area contributed by atoms with Crippen LogP contribution in [0.2, 0.25) is 0 Å². The quantitative estimate of drug-likeness (QED) is 0.725. The van der Waals surface area contributed by atoms with Gasteiger partial charge in [-0.3, -0.25) is 9.89 Å². The number of ether oxygens (including phenoxy) is 1. The van der Waals surface area contributed by atoms with Crippen LogP contribution >= 0.6 is 0 Å². The zero-order chi connectivity index (χ0) is 17.6. The smallest absolute Gasteiger partial charge is 0.232 e. The van der Waals surface area contributed by atoms with Crippen LogP contribution in [-0.2, 0) is 17.6 Å². The van der Waals surface area contributed by atoms with E-state index in [-0.39, 0.29) is 12.3 Å². The van der Waals surface area contributed by atoms with Gasteiger partial charge in [-0.2, -0.15) is 5.10 Å². The Morgan fingerprint density at radius 3 is 2.72 bits per heavy atom. The van der Waals surface area contributed by atoms with Crippen LogP contribution in [0, 0.1) is 6.92 Å². The maximum atomic E-state index is 12.1.